The summed E-state index contributed by atoms with van der Waals surface area (Å²) in [7, 11) is 0. The minimum absolute atomic E-state index is 0.00151. The molecule has 0 spiro atoms. The zero-order valence-corrected chi connectivity index (χ0v) is 20.4. The molecule has 2 atom stereocenters. The standard InChI is InChI=1S/C28H34N2O5/c1-28(2,12-11-25(31)32)13-14-29-26(33)23-15-18(23)16-30-27(34)35-17-24-21-9-5-3-7-19(21)20-8-4-6-10-22(20)24/h3-10,18,23-24H,11-17H2,1-2H3,(H,29,33)(H,30,34)(H,31,32)/t18-,23-/m1/s1. The second-order valence-electron chi connectivity index (χ2n) is 10.4. The van der Waals surface area contributed by atoms with Gasteiger partial charge in [0.15, 0.2) is 0 Å². The van der Waals surface area contributed by atoms with E-state index in [9.17, 15) is 14.4 Å². The third-order valence-corrected chi connectivity index (χ3v) is 7.23. The van der Waals surface area contributed by atoms with Gasteiger partial charge in [-0.05, 0) is 52.8 Å². The van der Waals surface area contributed by atoms with Crippen LogP contribution in [0.1, 0.15) is 56.6 Å². The quantitative estimate of drug-likeness (QED) is 0.439. The van der Waals surface area contributed by atoms with E-state index in [1.165, 1.54) is 22.3 Å². The van der Waals surface area contributed by atoms with Gasteiger partial charge in [0, 0.05) is 31.3 Å². The lowest BCUT2D eigenvalue weighted by Gasteiger charge is -2.23. The van der Waals surface area contributed by atoms with Crippen LogP contribution in [-0.2, 0) is 14.3 Å². The van der Waals surface area contributed by atoms with Crippen LogP contribution in [0.4, 0.5) is 4.79 Å². The molecule has 186 valence electrons. The molecule has 2 aliphatic rings. The first kappa shape index (κ1) is 24.8. The molecule has 0 heterocycles. The van der Waals surface area contributed by atoms with Crippen molar-refractivity contribution in [3.63, 3.8) is 0 Å². The maximum Gasteiger partial charge on any atom is 0.407 e. The predicted octanol–water partition coefficient (Wildman–Crippen LogP) is 4.56. The number of carbonyl (C=O) groups excluding carboxylic acids is 2. The molecule has 3 N–H and O–H groups in total. The topological polar surface area (TPSA) is 105 Å². The van der Waals surface area contributed by atoms with E-state index in [4.69, 9.17) is 9.84 Å². The van der Waals surface area contributed by atoms with E-state index in [0.29, 0.717) is 19.5 Å². The lowest BCUT2D eigenvalue weighted by Crippen LogP contribution is -2.32. The highest BCUT2D eigenvalue weighted by Crippen LogP contribution is 2.44. The summed E-state index contributed by atoms with van der Waals surface area (Å²) in [5.74, 6) is -0.751. The van der Waals surface area contributed by atoms with Crippen molar-refractivity contribution in [3.8, 4) is 11.1 Å². The van der Waals surface area contributed by atoms with Gasteiger partial charge in [-0.15, -0.1) is 0 Å². The van der Waals surface area contributed by atoms with E-state index in [-0.39, 0.29) is 42.1 Å². The lowest BCUT2D eigenvalue weighted by atomic mass is 9.84. The van der Waals surface area contributed by atoms with Crippen molar-refractivity contribution in [2.24, 2.45) is 17.3 Å². The number of hydrogen-bond acceptors (Lipinski definition) is 4. The summed E-state index contributed by atoms with van der Waals surface area (Å²) < 4.78 is 5.56. The summed E-state index contributed by atoms with van der Waals surface area (Å²) in [5, 5.41) is 14.6. The number of fused-ring (bicyclic) bond motifs is 3. The molecule has 2 aromatic carbocycles. The van der Waals surface area contributed by atoms with Gasteiger partial charge in [-0.3, -0.25) is 9.59 Å². The number of alkyl carbamates (subject to hydrolysis) is 1. The molecule has 0 bridgehead atoms. The van der Waals surface area contributed by atoms with Crippen LogP contribution in [0.15, 0.2) is 48.5 Å². The number of carboxylic acid groups (broad SMARTS) is 1. The van der Waals surface area contributed by atoms with Crippen LogP contribution < -0.4 is 10.6 Å². The first-order chi connectivity index (χ1) is 16.7. The summed E-state index contributed by atoms with van der Waals surface area (Å²) in [6, 6.07) is 16.4. The van der Waals surface area contributed by atoms with Crippen LogP contribution in [-0.4, -0.2) is 42.8 Å². The number of ether oxygens (including phenoxy) is 1. The fourth-order valence-electron chi connectivity index (χ4n) is 4.88. The number of rotatable bonds is 11. The molecule has 0 aromatic heterocycles. The Morgan fingerprint density at radius 2 is 1.60 bits per heavy atom. The Bertz CT molecular complexity index is 1050. The van der Waals surface area contributed by atoms with Crippen LogP contribution in [0.2, 0.25) is 0 Å². The van der Waals surface area contributed by atoms with Gasteiger partial charge >= 0.3 is 12.1 Å². The van der Waals surface area contributed by atoms with Gasteiger partial charge in [0.2, 0.25) is 5.91 Å². The van der Waals surface area contributed by atoms with Crippen LogP contribution in [0, 0.1) is 17.3 Å². The molecule has 2 aromatic rings. The first-order valence-corrected chi connectivity index (χ1v) is 12.3. The Labute approximate surface area is 206 Å². The van der Waals surface area contributed by atoms with Crippen LogP contribution >= 0.6 is 0 Å². The molecule has 0 saturated heterocycles. The molecule has 1 saturated carbocycles. The third kappa shape index (κ3) is 6.21. The van der Waals surface area contributed by atoms with Crippen molar-refractivity contribution >= 4 is 18.0 Å². The summed E-state index contributed by atoms with van der Waals surface area (Å²) in [4.78, 5) is 35.5. The Hall–Kier alpha value is -3.35. The van der Waals surface area contributed by atoms with E-state index >= 15 is 0 Å². The average Bonchev–Trinajstić information content (AvgIpc) is 3.55. The molecule has 4 rings (SSSR count). The van der Waals surface area contributed by atoms with E-state index in [2.05, 4.69) is 34.9 Å². The summed E-state index contributed by atoms with van der Waals surface area (Å²) in [5.41, 5.74) is 4.59. The van der Waals surface area contributed by atoms with Crippen molar-refractivity contribution in [2.75, 3.05) is 19.7 Å². The number of nitrogens with one attached hydrogen (secondary N) is 2. The number of aliphatic carboxylic acids is 1. The van der Waals surface area contributed by atoms with E-state index in [1.807, 2.05) is 38.1 Å². The zero-order valence-electron chi connectivity index (χ0n) is 20.4. The molecule has 0 unspecified atom stereocenters. The third-order valence-electron chi connectivity index (χ3n) is 7.23. The van der Waals surface area contributed by atoms with Crippen molar-refractivity contribution in [1.29, 1.82) is 0 Å². The zero-order chi connectivity index (χ0) is 25.0. The second kappa shape index (κ2) is 10.5. The molecule has 7 nitrogen and oxygen atoms in total. The highest BCUT2D eigenvalue weighted by molar-refractivity contribution is 5.82. The van der Waals surface area contributed by atoms with Crippen molar-refractivity contribution < 1.29 is 24.2 Å². The molecule has 2 aliphatic carbocycles. The van der Waals surface area contributed by atoms with E-state index in [1.54, 1.807) is 0 Å². The maximum absolute atomic E-state index is 12.4. The smallest absolute Gasteiger partial charge is 0.407 e. The minimum Gasteiger partial charge on any atom is -0.481 e. The van der Waals surface area contributed by atoms with Gasteiger partial charge in [-0.2, -0.15) is 0 Å². The maximum atomic E-state index is 12.4. The summed E-state index contributed by atoms with van der Waals surface area (Å²) in [6.45, 7) is 5.24. The first-order valence-electron chi connectivity index (χ1n) is 12.3. The van der Waals surface area contributed by atoms with Crippen LogP contribution in [0.3, 0.4) is 0 Å². The van der Waals surface area contributed by atoms with Gasteiger partial charge in [-0.25, -0.2) is 4.79 Å². The molecule has 0 aliphatic heterocycles. The van der Waals surface area contributed by atoms with E-state index in [0.717, 1.165) is 12.8 Å². The Kier molecular flexibility index (Phi) is 7.43. The summed E-state index contributed by atoms with van der Waals surface area (Å²) >= 11 is 0. The minimum atomic E-state index is -0.799. The Balaban J connectivity index is 1.16. The van der Waals surface area contributed by atoms with Crippen molar-refractivity contribution in [3.05, 3.63) is 59.7 Å². The predicted molar refractivity (Wildman–Crippen MR) is 133 cm³/mol. The Morgan fingerprint density at radius 1 is 0.971 bits per heavy atom. The van der Waals surface area contributed by atoms with Gasteiger partial charge in [0.05, 0.1) is 0 Å². The largest absolute Gasteiger partial charge is 0.481 e. The molecular formula is C28H34N2O5. The fourth-order valence-corrected chi connectivity index (χ4v) is 4.88. The average molecular weight is 479 g/mol. The Morgan fingerprint density at radius 3 is 2.23 bits per heavy atom. The van der Waals surface area contributed by atoms with Gasteiger partial charge in [-0.1, -0.05) is 62.4 Å². The van der Waals surface area contributed by atoms with E-state index < -0.39 is 12.1 Å². The molecular weight excluding hydrogens is 444 g/mol. The fraction of sp³-hybridized carbons (Fsp3) is 0.464. The molecule has 7 heteroatoms. The monoisotopic (exact) mass is 478 g/mol. The molecule has 35 heavy (non-hydrogen) atoms. The highest BCUT2D eigenvalue weighted by atomic mass is 16.5. The van der Waals surface area contributed by atoms with Crippen LogP contribution in [0.25, 0.3) is 11.1 Å². The number of amides is 2. The number of carboxylic acids is 1. The van der Waals surface area contributed by atoms with Gasteiger partial charge in [0.25, 0.3) is 0 Å². The molecule has 1 fully saturated rings. The normalized spacial score (nSPS) is 18.3. The summed E-state index contributed by atoms with van der Waals surface area (Å²) in [6.07, 6.45) is 1.72. The second-order valence-corrected chi connectivity index (χ2v) is 10.4. The molecule has 0 radical (unpaired) electrons. The highest BCUT2D eigenvalue weighted by Gasteiger charge is 2.43. The van der Waals surface area contributed by atoms with Crippen molar-refractivity contribution in [1.82, 2.24) is 10.6 Å². The van der Waals surface area contributed by atoms with Gasteiger partial charge in [0.1, 0.15) is 6.61 Å². The van der Waals surface area contributed by atoms with Crippen LogP contribution in [0.5, 0.6) is 0 Å². The lowest BCUT2D eigenvalue weighted by molar-refractivity contribution is -0.137. The number of hydrogen-bond donors (Lipinski definition) is 3. The van der Waals surface area contributed by atoms with Crippen molar-refractivity contribution in [2.45, 2.75) is 45.4 Å². The number of carbonyl (C=O) groups is 3. The number of benzene rings is 2. The van der Waals surface area contributed by atoms with Gasteiger partial charge < -0.3 is 20.5 Å². The SMILES string of the molecule is CC(C)(CCNC(=O)[C@@H]1C[C@@H]1CNC(=O)OCC1c2ccccc2-c2ccccc21)CCC(=O)O. The molecule has 2 amide bonds.